The Morgan fingerprint density at radius 3 is 2.58 bits per heavy atom. The molecule has 0 fully saturated rings. The van der Waals surface area contributed by atoms with Crippen molar-refractivity contribution in [3.05, 3.63) is 54.3 Å². The van der Waals surface area contributed by atoms with E-state index in [0.717, 1.165) is 0 Å². The monoisotopic (exact) mass is 330 g/mol. The molecule has 0 saturated carbocycles. The lowest BCUT2D eigenvalue weighted by Crippen LogP contribution is -2.31. The SMILES string of the molecule is COc1cccc(N(CCC(=O)Nc2cccc(F)c2)C(C)=O)c1. The van der Waals surface area contributed by atoms with Crippen LogP contribution in [-0.4, -0.2) is 25.5 Å². The Kier molecular flexibility index (Phi) is 5.89. The second kappa shape index (κ2) is 8.10. The van der Waals surface area contributed by atoms with Crippen molar-refractivity contribution in [3.8, 4) is 5.75 Å². The van der Waals surface area contributed by atoms with Crippen molar-refractivity contribution in [3.63, 3.8) is 0 Å². The average molecular weight is 330 g/mol. The zero-order valence-corrected chi connectivity index (χ0v) is 13.6. The topological polar surface area (TPSA) is 58.6 Å². The minimum Gasteiger partial charge on any atom is -0.497 e. The van der Waals surface area contributed by atoms with E-state index in [0.29, 0.717) is 17.1 Å². The molecule has 0 unspecified atom stereocenters. The van der Waals surface area contributed by atoms with Crippen molar-refractivity contribution in [2.45, 2.75) is 13.3 Å². The average Bonchev–Trinajstić information content (AvgIpc) is 2.55. The molecule has 0 heterocycles. The Bertz CT molecular complexity index is 734. The fourth-order valence-electron chi connectivity index (χ4n) is 2.25. The summed E-state index contributed by atoms with van der Waals surface area (Å²) in [5, 5.41) is 2.61. The van der Waals surface area contributed by atoms with E-state index >= 15 is 0 Å². The maximum atomic E-state index is 13.1. The molecule has 2 amide bonds. The van der Waals surface area contributed by atoms with Crippen molar-refractivity contribution >= 4 is 23.2 Å². The number of hydrogen-bond acceptors (Lipinski definition) is 3. The number of ether oxygens (including phenoxy) is 1. The Labute approximate surface area is 140 Å². The van der Waals surface area contributed by atoms with Crippen molar-refractivity contribution in [2.24, 2.45) is 0 Å². The zero-order chi connectivity index (χ0) is 17.5. The second-order valence-corrected chi connectivity index (χ2v) is 5.18. The highest BCUT2D eigenvalue weighted by Crippen LogP contribution is 2.21. The first-order valence-corrected chi connectivity index (χ1v) is 7.47. The number of anilines is 2. The van der Waals surface area contributed by atoms with Gasteiger partial charge in [0.25, 0.3) is 0 Å². The number of methoxy groups -OCH3 is 1. The molecule has 0 bridgehead atoms. The molecule has 5 nitrogen and oxygen atoms in total. The van der Waals surface area contributed by atoms with E-state index < -0.39 is 5.82 Å². The van der Waals surface area contributed by atoms with Gasteiger partial charge in [-0.05, 0) is 30.3 Å². The maximum absolute atomic E-state index is 13.1. The predicted octanol–water partition coefficient (Wildman–Crippen LogP) is 3.22. The number of nitrogens with one attached hydrogen (secondary N) is 1. The quantitative estimate of drug-likeness (QED) is 0.885. The van der Waals surface area contributed by atoms with Gasteiger partial charge in [0.15, 0.2) is 0 Å². The molecule has 0 aliphatic carbocycles. The Morgan fingerprint density at radius 2 is 1.92 bits per heavy atom. The molecule has 0 saturated heterocycles. The fraction of sp³-hybridized carbons (Fsp3) is 0.222. The number of halogens is 1. The van der Waals surface area contributed by atoms with E-state index in [4.69, 9.17) is 4.74 Å². The molecular weight excluding hydrogens is 311 g/mol. The predicted molar refractivity (Wildman–Crippen MR) is 90.7 cm³/mol. The van der Waals surface area contributed by atoms with Crippen LogP contribution in [0.25, 0.3) is 0 Å². The summed E-state index contributed by atoms with van der Waals surface area (Å²) in [6.07, 6.45) is 0.0906. The summed E-state index contributed by atoms with van der Waals surface area (Å²) >= 11 is 0. The molecule has 0 spiro atoms. The van der Waals surface area contributed by atoms with Gasteiger partial charge in [0.05, 0.1) is 7.11 Å². The molecule has 0 radical (unpaired) electrons. The van der Waals surface area contributed by atoms with Crippen LogP contribution in [0.2, 0.25) is 0 Å². The van der Waals surface area contributed by atoms with E-state index in [2.05, 4.69) is 5.32 Å². The maximum Gasteiger partial charge on any atom is 0.226 e. The highest BCUT2D eigenvalue weighted by atomic mass is 19.1. The van der Waals surface area contributed by atoms with Crippen LogP contribution in [0.5, 0.6) is 5.75 Å². The molecule has 2 rings (SSSR count). The van der Waals surface area contributed by atoms with Crippen LogP contribution in [0.15, 0.2) is 48.5 Å². The van der Waals surface area contributed by atoms with Gasteiger partial charge in [-0.15, -0.1) is 0 Å². The Balaban J connectivity index is 2.00. The summed E-state index contributed by atoms with van der Waals surface area (Å²) < 4.78 is 18.3. The minimum absolute atomic E-state index is 0.0906. The van der Waals surface area contributed by atoms with Crippen LogP contribution in [-0.2, 0) is 9.59 Å². The van der Waals surface area contributed by atoms with Gasteiger partial charge in [-0.1, -0.05) is 12.1 Å². The Morgan fingerprint density at radius 1 is 1.17 bits per heavy atom. The summed E-state index contributed by atoms with van der Waals surface area (Å²) in [6, 6.07) is 12.7. The first-order valence-electron chi connectivity index (χ1n) is 7.47. The number of carbonyl (C=O) groups is 2. The first kappa shape index (κ1) is 17.5. The Hall–Kier alpha value is -2.89. The summed E-state index contributed by atoms with van der Waals surface area (Å²) in [5.74, 6) is -0.269. The summed E-state index contributed by atoms with van der Waals surface area (Å²) in [5.41, 5.74) is 1.04. The zero-order valence-electron chi connectivity index (χ0n) is 13.6. The van der Waals surface area contributed by atoms with E-state index in [-0.39, 0.29) is 24.8 Å². The van der Waals surface area contributed by atoms with E-state index in [1.54, 1.807) is 37.4 Å². The highest BCUT2D eigenvalue weighted by molar-refractivity contribution is 5.94. The summed E-state index contributed by atoms with van der Waals surface area (Å²) in [4.78, 5) is 25.4. The lowest BCUT2D eigenvalue weighted by atomic mass is 10.2. The second-order valence-electron chi connectivity index (χ2n) is 5.18. The van der Waals surface area contributed by atoms with Crippen LogP contribution in [0.4, 0.5) is 15.8 Å². The smallest absolute Gasteiger partial charge is 0.226 e. The van der Waals surface area contributed by atoms with Crippen molar-refractivity contribution in [1.29, 1.82) is 0 Å². The van der Waals surface area contributed by atoms with Crippen LogP contribution in [0, 0.1) is 5.82 Å². The van der Waals surface area contributed by atoms with E-state index in [9.17, 15) is 14.0 Å². The van der Waals surface area contributed by atoms with Crippen LogP contribution in [0.3, 0.4) is 0 Å². The highest BCUT2D eigenvalue weighted by Gasteiger charge is 2.14. The van der Waals surface area contributed by atoms with Gasteiger partial charge >= 0.3 is 0 Å². The molecule has 24 heavy (non-hydrogen) atoms. The molecular formula is C18H19FN2O3. The molecule has 2 aromatic carbocycles. The first-order chi connectivity index (χ1) is 11.5. The van der Waals surface area contributed by atoms with Crippen molar-refractivity contribution in [1.82, 2.24) is 0 Å². The van der Waals surface area contributed by atoms with Gasteiger partial charge in [-0.3, -0.25) is 9.59 Å². The van der Waals surface area contributed by atoms with Crippen molar-refractivity contribution < 1.29 is 18.7 Å². The summed E-state index contributed by atoms with van der Waals surface area (Å²) in [6.45, 7) is 1.65. The standard InChI is InChI=1S/C18H19FN2O3/c1-13(22)21(16-7-4-8-17(12-16)24-2)10-9-18(23)20-15-6-3-5-14(19)11-15/h3-8,11-12H,9-10H2,1-2H3,(H,20,23). The third-order valence-corrected chi connectivity index (χ3v) is 3.42. The number of nitrogens with zero attached hydrogens (tertiary/aromatic N) is 1. The van der Waals surface area contributed by atoms with Gasteiger partial charge in [-0.25, -0.2) is 4.39 Å². The van der Waals surface area contributed by atoms with E-state index in [1.165, 1.54) is 30.0 Å². The lowest BCUT2D eigenvalue weighted by molar-refractivity contribution is -0.117. The van der Waals surface area contributed by atoms with Gasteiger partial charge in [0, 0.05) is 37.3 Å². The molecule has 0 aliphatic heterocycles. The largest absolute Gasteiger partial charge is 0.497 e. The molecule has 1 N–H and O–H groups in total. The molecule has 126 valence electrons. The number of rotatable bonds is 6. The number of amides is 2. The van der Waals surface area contributed by atoms with Crippen LogP contribution in [0.1, 0.15) is 13.3 Å². The van der Waals surface area contributed by atoms with Gasteiger partial charge in [0.1, 0.15) is 11.6 Å². The number of benzene rings is 2. The number of carbonyl (C=O) groups excluding carboxylic acids is 2. The van der Waals surface area contributed by atoms with Gasteiger partial charge < -0.3 is 15.0 Å². The molecule has 0 atom stereocenters. The molecule has 2 aromatic rings. The van der Waals surface area contributed by atoms with Gasteiger partial charge in [0.2, 0.25) is 11.8 Å². The number of hydrogen-bond donors (Lipinski definition) is 1. The van der Waals surface area contributed by atoms with Crippen LogP contribution >= 0.6 is 0 Å². The molecule has 0 aromatic heterocycles. The summed E-state index contributed by atoms with van der Waals surface area (Å²) in [7, 11) is 1.55. The van der Waals surface area contributed by atoms with Crippen LogP contribution < -0.4 is 15.0 Å². The normalized spacial score (nSPS) is 10.1. The minimum atomic E-state index is -0.422. The third kappa shape index (κ3) is 4.81. The van der Waals surface area contributed by atoms with Gasteiger partial charge in [-0.2, -0.15) is 0 Å². The fourth-order valence-corrected chi connectivity index (χ4v) is 2.25. The third-order valence-electron chi connectivity index (χ3n) is 3.42. The molecule has 0 aliphatic rings. The molecule has 6 heteroatoms. The lowest BCUT2D eigenvalue weighted by Gasteiger charge is -2.21. The van der Waals surface area contributed by atoms with E-state index in [1.807, 2.05) is 0 Å². The van der Waals surface area contributed by atoms with Crippen molar-refractivity contribution in [2.75, 3.05) is 23.9 Å².